The lowest BCUT2D eigenvalue weighted by Crippen LogP contribution is -2.47. The number of aliphatic carboxylic acids is 1. The van der Waals surface area contributed by atoms with E-state index in [4.69, 9.17) is 5.11 Å². The van der Waals surface area contributed by atoms with E-state index in [9.17, 15) is 13.2 Å². The Morgan fingerprint density at radius 1 is 1.45 bits per heavy atom. The van der Waals surface area contributed by atoms with Gasteiger partial charge in [-0.3, -0.25) is 4.79 Å². The lowest BCUT2D eigenvalue weighted by Gasteiger charge is -2.26. The Balaban J connectivity index is 2.15. The van der Waals surface area contributed by atoms with E-state index >= 15 is 0 Å². The average molecular weight is 316 g/mol. The summed E-state index contributed by atoms with van der Waals surface area (Å²) in [5.41, 5.74) is 0.859. The summed E-state index contributed by atoms with van der Waals surface area (Å²) in [6.07, 6.45) is 0. The molecule has 1 saturated heterocycles. The Morgan fingerprint density at radius 3 is 2.70 bits per heavy atom. The van der Waals surface area contributed by atoms with Crippen molar-refractivity contribution in [3.63, 3.8) is 0 Å². The first-order valence-electron chi connectivity index (χ1n) is 6.00. The monoisotopic (exact) mass is 316 g/mol. The second-order valence-corrected chi connectivity index (χ2v) is 7.48. The van der Waals surface area contributed by atoms with E-state index in [0.29, 0.717) is 0 Å². The lowest BCUT2D eigenvalue weighted by molar-refractivity contribution is -0.140. The van der Waals surface area contributed by atoms with Crippen molar-refractivity contribution in [2.75, 3.05) is 18.7 Å². The summed E-state index contributed by atoms with van der Waals surface area (Å²) in [5, 5.41) is 9.08. The van der Waals surface area contributed by atoms with Gasteiger partial charge in [-0.1, -0.05) is 30.3 Å². The van der Waals surface area contributed by atoms with Crippen LogP contribution >= 0.6 is 11.8 Å². The van der Waals surface area contributed by atoms with Gasteiger partial charge in [0, 0.05) is 19.3 Å². The molecule has 1 heterocycles. The number of carboxylic acids is 1. The molecule has 20 heavy (non-hydrogen) atoms. The van der Waals surface area contributed by atoms with Gasteiger partial charge in [0.1, 0.15) is 6.04 Å². The number of carboxylic acid groups (broad SMARTS) is 1. The molecule has 1 atom stereocenters. The summed E-state index contributed by atoms with van der Waals surface area (Å²) in [6.45, 7) is 0.219. The van der Waals surface area contributed by atoms with Gasteiger partial charge in [0.05, 0.1) is 5.88 Å². The summed E-state index contributed by atoms with van der Waals surface area (Å²) in [4.78, 5) is 11.1. The van der Waals surface area contributed by atoms with Gasteiger partial charge < -0.3 is 5.11 Å². The third-order valence-electron chi connectivity index (χ3n) is 3.07. The van der Waals surface area contributed by atoms with E-state index in [1.807, 2.05) is 30.3 Å². The van der Waals surface area contributed by atoms with Crippen LogP contribution in [-0.2, 0) is 21.5 Å². The van der Waals surface area contributed by atoms with Crippen LogP contribution < -0.4 is 0 Å². The number of carbonyl (C=O) groups is 1. The number of thioether (sulfide) groups is 1. The largest absolute Gasteiger partial charge is 0.480 e. The van der Waals surface area contributed by atoms with E-state index in [1.54, 1.807) is 0 Å². The molecule has 0 spiro atoms. The van der Waals surface area contributed by atoms with Gasteiger partial charge >= 0.3 is 5.97 Å². The minimum absolute atomic E-state index is 0.179. The Bertz CT molecular complexity index is 576. The zero-order valence-electron chi connectivity index (χ0n) is 11.0. The van der Waals surface area contributed by atoms with Gasteiger partial charge in [0.15, 0.2) is 0 Å². The van der Waals surface area contributed by atoms with E-state index in [-0.39, 0.29) is 18.2 Å². The van der Waals surface area contributed by atoms with Crippen LogP contribution in [-0.4, -0.2) is 52.8 Å². The van der Waals surface area contributed by atoms with Gasteiger partial charge in [-0.25, -0.2) is 0 Å². The Kier molecular flexibility index (Phi) is 4.69. The molecule has 1 aromatic carbocycles. The first-order chi connectivity index (χ1) is 9.43. The van der Waals surface area contributed by atoms with Crippen molar-refractivity contribution in [3.8, 4) is 0 Å². The normalized spacial score (nSPS) is 20.4. The van der Waals surface area contributed by atoms with Gasteiger partial charge in [0.25, 0.3) is 10.2 Å². The highest BCUT2D eigenvalue weighted by atomic mass is 32.2. The molecule has 8 heteroatoms. The summed E-state index contributed by atoms with van der Waals surface area (Å²) in [5.74, 6) is -0.640. The predicted octanol–water partition coefficient (Wildman–Crippen LogP) is 0.823. The Morgan fingerprint density at radius 2 is 2.10 bits per heavy atom. The van der Waals surface area contributed by atoms with Crippen LogP contribution in [0, 0.1) is 0 Å². The van der Waals surface area contributed by atoms with Crippen LogP contribution in [0.25, 0.3) is 0 Å². The van der Waals surface area contributed by atoms with E-state index in [2.05, 4.69) is 0 Å². The van der Waals surface area contributed by atoms with Crippen molar-refractivity contribution < 1.29 is 18.3 Å². The summed E-state index contributed by atoms with van der Waals surface area (Å²) < 4.78 is 27.1. The topological polar surface area (TPSA) is 77.9 Å². The molecule has 110 valence electrons. The maximum Gasteiger partial charge on any atom is 0.322 e. The highest BCUT2D eigenvalue weighted by Crippen LogP contribution is 2.26. The molecule has 1 fully saturated rings. The van der Waals surface area contributed by atoms with Crippen molar-refractivity contribution in [2.45, 2.75) is 12.6 Å². The molecule has 0 radical (unpaired) electrons. The summed E-state index contributed by atoms with van der Waals surface area (Å²) >= 11 is 1.31. The third kappa shape index (κ3) is 3.14. The first kappa shape index (κ1) is 15.3. The van der Waals surface area contributed by atoms with Crippen molar-refractivity contribution in [1.82, 2.24) is 8.61 Å². The molecule has 1 N–H and O–H groups in total. The highest BCUT2D eigenvalue weighted by molar-refractivity contribution is 8.00. The molecule has 2 rings (SSSR count). The standard InChI is InChI=1S/C12H16N2O4S2/c1-13(7-10-5-3-2-4-6-10)20(17,18)14-9-19-8-11(14)12(15)16/h2-6,11H,7-9H2,1H3,(H,15,16)/t11-/m0/s1. The van der Waals surface area contributed by atoms with Crippen LogP contribution in [0.2, 0.25) is 0 Å². The fraction of sp³-hybridized carbons (Fsp3) is 0.417. The molecule has 0 bridgehead atoms. The second-order valence-electron chi connectivity index (χ2n) is 4.49. The second kappa shape index (κ2) is 6.13. The molecule has 0 saturated carbocycles. The smallest absolute Gasteiger partial charge is 0.322 e. The summed E-state index contributed by atoms with van der Waals surface area (Å²) in [7, 11) is -2.30. The number of rotatable bonds is 5. The molecule has 6 nitrogen and oxygen atoms in total. The molecule has 1 aliphatic rings. The fourth-order valence-electron chi connectivity index (χ4n) is 1.95. The number of hydrogen-bond acceptors (Lipinski definition) is 4. The highest BCUT2D eigenvalue weighted by Gasteiger charge is 2.41. The van der Waals surface area contributed by atoms with Crippen molar-refractivity contribution in [3.05, 3.63) is 35.9 Å². The minimum atomic E-state index is -3.77. The van der Waals surface area contributed by atoms with Gasteiger partial charge in [-0.15, -0.1) is 11.8 Å². The molecule has 0 unspecified atom stereocenters. The van der Waals surface area contributed by atoms with Crippen molar-refractivity contribution in [1.29, 1.82) is 0 Å². The van der Waals surface area contributed by atoms with Crippen LogP contribution in [0.4, 0.5) is 0 Å². The van der Waals surface area contributed by atoms with Crippen LogP contribution in [0.15, 0.2) is 30.3 Å². The first-order valence-corrected chi connectivity index (χ1v) is 8.55. The van der Waals surface area contributed by atoms with Crippen LogP contribution in [0.5, 0.6) is 0 Å². The molecule has 1 aliphatic heterocycles. The molecular weight excluding hydrogens is 300 g/mol. The van der Waals surface area contributed by atoms with Gasteiger partial charge in [-0.05, 0) is 5.56 Å². The zero-order valence-corrected chi connectivity index (χ0v) is 12.6. The molecule has 1 aromatic rings. The number of nitrogens with zero attached hydrogens (tertiary/aromatic N) is 2. The molecule has 0 aliphatic carbocycles. The van der Waals surface area contributed by atoms with Gasteiger partial charge in [-0.2, -0.15) is 17.0 Å². The fourth-order valence-corrected chi connectivity index (χ4v) is 4.97. The quantitative estimate of drug-likeness (QED) is 0.870. The predicted molar refractivity (Wildman–Crippen MR) is 77.4 cm³/mol. The van der Waals surface area contributed by atoms with Crippen LogP contribution in [0.3, 0.4) is 0 Å². The van der Waals surface area contributed by atoms with Crippen molar-refractivity contribution in [2.24, 2.45) is 0 Å². The zero-order chi connectivity index (χ0) is 14.8. The number of benzene rings is 1. The van der Waals surface area contributed by atoms with E-state index in [0.717, 1.165) is 9.87 Å². The maximum absolute atomic E-state index is 12.4. The van der Waals surface area contributed by atoms with Gasteiger partial charge in [0.2, 0.25) is 0 Å². The van der Waals surface area contributed by atoms with Crippen molar-refractivity contribution >= 4 is 27.9 Å². The molecular formula is C12H16N2O4S2. The van der Waals surface area contributed by atoms with E-state index in [1.165, 1.54) is 23.1 Å². The molecule has 0 amide bonds. The maximum atomic E-state index is 12.4. The number of hydrogen-bond donors (Lipinski definition) is 1. The Labute approximate surface area is 122 Å². The van der Waals surface area contributed by atoms with Crippen LogP contribution in [0.1, 0.15) is 5.56 Å². The SMILES string of the molecule is CN(Cc1ccccc1)S(=O)(=O)N1CSC[C@H]1C(=O)O. The minimum Gasteiger partial charge on any atom is -0.480 e. The third-order valence-corrected chi connectivity index (χ3v) is 6.13. The molecule has 0 aromatic heterocycles. The Hall–Kier alpha value is -1.09. The average Bonchev–Trinajstić information content (AvgIpc) is 2.89. The van der Waals surface area contributed by atoms with E-state index < -0.39 is 22.2 Å². The summed E-state index contributed by atoms with van der Waals surface area (Å²) in [6, 6.07) is 8.21. The lowest BCUT2D eigenvalue weighted by atomic mass is 10.2.